The first kappa shape index (κ1) is 20.2. The Balaban J connectivity index is 1.65. The molecule has 1 N–H and O–H groups in total. The number of benzene rings is 2. The summed E-state index contributed by atoms with van der Waals surface area (Å²) in [4.78, 5) is 16.8. The molecule has 0 radical (unpaired) electrons. The molecule has 1 amide bonds. The number of nitrogens with one attached hydrogen (secondary N) is 1. The lowest BCUT2D eigenvalue weighted by atomic mass is 10.1. The van der Waals surface area contributed by atoms with Gasteiger partial charge in [0.1, 0.15) is 0 Å². The van der Waals surface area contributed by atoms with Crippen LogP contribution in [-0.4, -0.2) is 35.9 Å². The van der Waals surface area contributed by atoms with Gasteiger partial charge in [0.2, 0.25) is 5.91 Å². The Hall–Kier alpha value is -2.58. The molecule has 3 aromatic rings. The van der Waals surface area contributed by atoms with Gasteiger partial charge in [-0.15, -0.1) is 0 Å². The lowest BCUT2D eigenvalue weighted by Gasteiger charge is -2.10. The van der Waals surface area contributed by atoms with Gasteiger partial charge >= 0.3 is 0 Å². The number of anilines is 1. The fraction of sp³-hybridized carbons (Fsp3) is 0.200. The van der Waals surface area contributed by atoms with Gasteiger partial charge in [-0.2, -0.15) is 0 Å². The first-order valence-electron chi connectivity index (χ1n) is 8.57. The second-order valence-electron chi connectivity index (χ2n) is 6.56. The number of imidazole rings is 1. The van der Waals surface area contributed by atoms with Crippen molar-refractivity contribution >= 4 is 33.2 Å². The smallest absolute Gasteiger partial charge is 0.234 e. The number of sulfone groups is 1. The molecule has 0 bridgehead atoms. The largest absolute Gasteiger partial charge is 0.325 e. The van der Waals surface area contributed by atoms with Crippen molar-refractivity contribution in [1.82, 2.24) is 9.55 Å². The van der Waals surface area contributed by atoms with E-state index in [1.54, 1.807) is 18.3 Å². The van der Waals surface area contributed by atoms with Crippen LogP contribution in [0.2, 0.25) is 0 Å². The number of carbonyl (C=O) groups excluding carboxylic acids is 1. The maximum atomic E-state index is 12.3. The van der Waals surface area contributed by atoms with Gasteiger partial charge in [-0.25, -0.2) is 13.4 Å². The summed E-state index contributed by atoms with van der Waals surface area (Å²) < 4.78 is 24.9. The Morgan fingerprint density at radius 2 is 1.75 bits per heavy atom. The number of hydrogen-bond acceptors (Lipinski definition) is 5. The topological polar surface area (TPSA) is 81.1 Å². The van der Waals surface area contributed by atoms with Gasteiger partial charge in [-0.3, -0.25) is 9.36 Å². The number of aromatic nitrogens is 2. The number of hydrogen-bond donors (Lipinski definition) is 1. The Labute approximate surface area is 168 Å². The average Bonchev–Trinajstić information content (AvgIpc) is 3.07. The van der Waals surface area contributed by atoms with E-state index < -0.39 is 9.84 Å². The van der Waals surface area contributed by atoms with Crippen molar-refractivity contribution in [1.29, 1.82) is 0 Å². The van der Waals surface area contributed by atoms with E-state index in [9.17, 15) is 13.2 Å². The van der Waals surface area contributed by atoms with Gasteiger partial charge in [0, 0.05) is 30.0 Å². The Morgan fingerprint density at radius 3 is 2.36 bits per heavy atom. The molecule has 146 valence electrons. The highest BCUT2D eigenvalue weighted by molar-refractivity contribution is 7.99. The van der Waals surface area contributed by atoms with Gasteiger partial charge in [0.05, 0.1) is 10.6 Å². The molecule has 0 fully saturated rings. The molecule has 2 aromatic carbocycles. The number of nitrogens with zero attached hydrogens (tertiary/aromatic N) is 2. The first-order chi connectivity index (χ1) is 13.2. The van der Waals surface area contributed by atoms with Gasteiger partial charge in [0.25, 0.3) is 0 Å². The van der Waals surface area contributed by atoms with Crippen molar-refractivity contribution in [2.24, 2.45) is 0 Å². The third-order valence-corrected chi connectivity index (χ3v) is 6.09. The standard InChI is InChI=1S/C20H21N3O3S2/c1-14-10-15(2)12-17(11-14)23-9-8-21-20(23)27-13-19(24)22-16-4-6-18(7-5-16)28(3,25)26/h4-12H,13H2,1-3H3,(H,22,24). The van der Waals surface area contributed by atoms with E-state index in [1.807, 2.05) is 24.6 Å². The van der Waals surface area contributed by atoms with Gasteiger partial charge < -0.3 is 5.32 Å². The fourth-order valence-electron chi connectivity index (χ4n) is 2.80. The number of carbonyl (C=O) groups is 1. The normalized spacial score (nSPS) is 11.4. The summed E-state index contributed by atoms with van der Waals surface area (Å²) in [5.74, 6) is 0.00223. The maximum Gasteiger partial charge on any atom is 0.234 e. The van der Waals surface area contributed by atoms with Crippen LogP contribution in [0.1, 0.15) is 11.1 Å². The molecule has 28 heavy (non-hydrogen) atoms. The summed E-state index contributed by atoms with van der Waals surface area (Å²) in [6.07, 6.45) is 4.73. The highest BCUT2D eigenvalue weighted by atomic mass is 32.2. The minimum absolute atomic E-state index is 0.188. The highest BCUT2D eigenvalue weighted by Crippen LogP contribution is 2.22. The van der Waals surface area contributed by atoms with Crippen molar-refractivity contribution in [3.8, 4) is 5.69 Å². The summed E-state index contributed by atoms with van der Waals surface area (Å²) in [6.45, 7) is 4.09. The zero-order valence-electron chi connectivity index (χ0n) is 15.8. The van der Waals surface area contributed by atoms with Crippen molar-refractivity contribution in [2.45, 2.75) is 23.9 Å². The maximum absolute atomic E-state index is 12.3. The predicted molar refractivity (Wildman–Crippen MR) is 112 cm³/mol. The Morgan fingerprint density at radius 1 is 1.11 bits per heavy atom. The highest BCUT2D eigenvalue weighted by Gasteiger charge is 2.11. The third kappa shape index (κ3) is 5.02. The van der Waals surface area contributed by atoms with Crippen LogP contribution >= 0.6 is 11.8 Å². The molecule has 0 saturated carbocycles. The Kier molecular flexibility index (Phi) is 5.90. The second kappa shape index (κ2) is 8.20. The molecule has 0 aliphatic heterocycles. The SMILES string of the molecule is Cc1cc(C)cc(-n2ccnc2SCC(=O)Nc2ccc(S(C)(=O)=O)cc2)c1. The van der Waals surface area contributed by atoms with Crippen LogP contribution in [0.3, 0.4) is 0 Å². The van der Waals surface area contributed by atoms with E-state index in [-0.39, 0.29) is 16.6 Å². The van der Waals surface area contributed by atoms with Crippen LogP contribution in [0.25, 0.3) is 5.69 Å². The van der Waals surface area contributed by atoms with Gasteiger partial charge in [-0.1, -0.05) is 17.8 Å². The zero-order valence-corrected chi connectivity index (χ0v) is 17.5. The van der Waals surface area contributed by atoms with Crippen LogP contribution in [-0.2, 0) is 14.6 Å². The molecule has 1 aromatic heterocycles. The summed E-state index contributed by atoms with van der Waals surface area (Å²) in [6, 6.07) is 12.4. The van der Waals surface area contributed by atoms with Crippen LogP contribution in [0.15, 0.2) is 64.9 Å². The van der Waals surface area contributed by atoms with Crippen molar-refractivity contribution in [3.05, 3.63) is 66.0 Å². The quantitative estimate of drug-likeness (QED) is 0.622. The molecule has 0 aliphatic rings. The average molecular weight is 416 g/mol. The summed E-state index contributed by atoms with van der Waals surface area (Å²) in [5.41, 5.74) is 3.88. The summed E-state index contributed by atoms with van der Waals surface area (Å²) in [7, 11) is -3.25. The van der Waals surface area contributed by atoms with Crippen LogP contribution in [0.5, 0.6) is 0 Å². The molecular weight excluding hydrogens is 394 g/mol. The number of thioether (sulfide) groups is 1. The summed E-state index contributed by atoms with van der Waals surface area (Å²) in [5, 5.41) is 3.50. The van der Waals surface area contributed by atoms with Crippen molar-refractivity contribution in [3.63, 3.8) is 0 Å². The van der Waals surface area contributed by atoms with E-state index in [2.05, 4.69) is 28.5 Å². The monoisotopic (exact) mass is 415 g/mol. The molecule has 3 rings (SSSR count). The van der Waals surface area contributed by atoms with Gasteiger partial charge in [-0.05, 0) is 61.4 Å². The van der Waals surface area contributed by atoms with E-state index in [4.69, 9.17) is 0 Å². The van der Waals surface area contributed by atoms with E-state index >= 15 is 0 Å². The Bertz CT molecular complexity index is 1080. The number of rotatable bonds is 6. The predicted octanol–water partition coefficient (Wildman–Crippen LogP) is 3.62. The van der Waals surface area contributed by atoms with Crippen molar-refractivity contribution < 1.29 is 13.2 Å². The lowest BCUT2D eigenvalue weighted by Crippen LogP contribution is -2.14. The number of amides is 1. The molecule has 0 aliphatic carbocycles. The lowest BCUT2D eigenvalue weighted by molar-refractivity contribution is -0.113. The molecule has 8 heteroatoms. The fourth-order valence-corrected chi connectivity index (χ4v) is 4.20. The molecule has 1 heterocycles. The summed E-state index contributed by atoms with van der Waals surface area (Å²) >= 11 is 1.34. The molecule has 0 saturated heterocycles. The van der Waals surface area contributed by atoms with Crippen molar-refractivity contribution in [2.75, 3.05) is 17.3 Å². The minimum Gasteiger partial charge on any atom is -0.325 e. The molecule has 0 unspecified atom stereocenters. The molecule has 6 nitrogen and oxygen atoms in total. The number of aryl methyl sites for hydroxylation is 2. The molecule has 0 spiro atoms. The molecule has 0 atom stereocenters. The van der Waals surface area contributed by atoms with E-state index in [0.717, 1.165) is 28.2 Å². The first-order valence-corrected chi connectivity index (χ1v) is 11.4. The van der Waals surface area contributed by atoms with Crippen LogP contribution in [0.4, 0.5) is 5.69 Å². The minimum atomic E-state index is -3.25. The zero-order chi connectivity index (χ0) is 20.3. The molecular formula is C20H21N3O3S2. The van der Waals surface area contributed by atoms with Gasteiger partial charge in [0.15, 0.2) is 15.0 Å². The van der Waals surface area contributed by atoms with Crippen LogP contribution in [0, 0.1) is 13.8 Å². The second-order valence-corrected chi connectivity index (χ2v) is 9.52. The van der Waals surface area contributed by atoms with E-state index in [1.165, 1.54) is 23.9 Å². The van der Waals surface area contributed by atoms with Crippen LogP contribution < -0.4 is 5.32 Å². The van der Waals surface area contributed by atoms with E-state index in [0.29, 0.717) is 5.69 Å². The third-order valence-electron chi connectivity index (χ3n) is 3.99.